The molecular weight excluding hydrogens is 309 g/mol. The molecule has 0 saturated heterocycles. The molecule has 5 nitrogen and oxygen atoms in total. The van der Waals surface area contributed by atoms with Gasteiger partial charge < -0.3 is 16.4 Å². The van der Waals surface area contributed by atoms with E-state index in [1.165, 1.54) is 12.1 Å². The number of urea groups is 1. The molecule has 4 N–H and O–H groups in total. The SMILES string of the molecule is NC(=O)c1ccc(C#CCNC(=O)NCc2ccc(F)cc2)cc1. The Balaban J connectivity index is 1.74. The van der Waals surface area contributed by atoms with E-state index >= 15 is 0 Å². The maximum absolute atomic E-state index is 12.8. The summed E-state index contributed by atoms with van der Waals surface area (Å²) in [5.74, 6) is 4.85. The maximum atomic E-state index is 12.8. The molecule has 0 heterocycles. The normalized spacial score (nSPS) is 9.54. The van der Waals surface area contributed by atoms with Gasteiger partial charge in [0.15, 0.2) is 0 Å². The van der Waals surface area contributed by atoms with Crippen LogP contribution in [-0.4, -0.2) is 18.5 Å². The lowest BCUT2D eigenvalue weighted by atomic mass is 10.1. The Morgan fingerprint density at radius 3 is 2.29 bits per heavy atom. The largest absolute Gasteiger partial charge is 0.366 e. The van der Waals surface area contributed by atoms with Crippen LogP contribution in [0.25, 0.3) is 0 Å². The molecular formula is C18H16FN3O2. The quantitative estimate of drug-likeness (QED) is 0.749. The fourth-order valence-corrected chi connectivity index (χ4v) is 1.84. The van der Waals surface area contributed by atoms with E-state index in [0.29, 0.717) is 17.7 Å². The number of benzene rings is 2. The van der Waals surface area contributed by atoms with Gasteiger partial charge in [-0.15, -0.1) is 0 Å². The highest BCUT2D eigenvalue weighted by atomic mass is 19.1. The van der Waals surface area contributed by atoms with E-state index in [-0.39, 0.29) is 18.4 Å². The van der Waals surface area contributed by atoms with Crippen molar-refractivity contribution in [3.8, 4) is 11.8 Å². The minimum Gasteiger partial charge on any atom is -0.366 e. The third-order valence-electron chi connectivity index (χ3n) is 3.11. The van der Waals surface area contributed by atoms with Crippen molar-refractivity contribution < 1.29 is 14.0 Å². The summed E-state index contributed by atoms with van der Waals surface area (Å²) in [4.78, 5) is 22.5. The number of halogens is 1. The van der Waals surface area contributed by atoms with Crippen molar-refractivity contribution in [2.24, 2.45) is 5.73 Å². The van der Waals surface area contributed by atoms with Gasteiger partial charge in [0.1, 0.15) is 5.82 Å². The lowest BCUT2D eigenvalue weighted by molar-refractivity contribution is 0.1000. The van der Waals surface area contributed by atoms with Crippen molar-refractivity contribution in [1.29, 1.82) is 0 Å². The minimum absolute atomic E-state index is 0.173. The molecule has 24 heavy (non-hydrogen) atoms. The first-order valence-corrected chi connectivity index (χ1v) is 7.19. The number of hydrogen-bond donors (Lipinski definition) is 3. The van der Waals surface area contributed by atoms with E-state index in [1.54, 1.807) is 36.4 Å². The smallest absolute Gasteiger partial charge is 0.315 e. The molecule has 6 heteroatoms. The average molecular weight is 325 g/mol. The third kappa shape index (κ3) is 5.46. The summed E-state index contributed by atoms with van der Waals surface area (Å²) in [6.07, 6.45) is 0. The Hall–Kier alpha value is -3.33. The van der Waals surface area contributed by atoms with E-state index in [0.717, 1.165) is 5.56 Å². The van der Waals surface area contributed by atoms with Gasteiger partial charge in [-0.2, -0.15) is 0 Å². The van der Waals surface area contributed by atoms with Gasteiger partial charge in [0.2, 0.25) is 5.91 Å². The lowest BCUT2D eigenvalue weighted by Crippen LogP contribution is -2.35. The van der Waals surface area contributed by atoms with Crippen LogP contribution in [0.4, 0.5) is 9.18 Å². The van der Waals surface area contributed by atoms with Crippen molar-refractivity contribution in [3.63, 3.8) is 0 Å². The molecule has 0 aromatic heterocycles. The highest BCUT2D eigenvalue weighted by Gasteiger charge is 1.99. The summed E-state index contributed by atoms with van der Waals surface area (Å²) < 4.78 is 12.8. The van der Waals surface area contributed by atoms with Gasteiger partial charge in [0.05, 0.1) is 6.54 Å². The monoisotopic (exact) mass is 325 g/mol. The van der Waals surface area contributed by atoms with E-state index in [2.05, 4.69) is 22.5 Å². The average Bonchev–Trinajstić information content (AvgIpc) is 2.58. The molecule has 2 aromatic rings. The van der Waals surface area contributed by atoms with Gasteiger partial charge in [-0.25, -0.2) is 9.18 Å². The van der Waals surface area contributed by atoms with Gasteiger partial charge in [-0.05, 0) is 42.0 Å². The molecule has 0 aliphatic rings. The molecule has 122 valence electrons. The topological polar surface area (TPSA) is 84.2 Å². The molecule has 0 fully saturated rings. The predicted molar refractivity (Wildman–Crippen MR) is 88.5 cm³/mol. The zero-order valence-electron chi connectivity index (χ0n) is 12.8. The van der Waals surface area contributed by atoms with E-state index in [9.17, 15) is 14.0 Å². The second-order valence-corrected chi connectivity index (χ2v) is 4.91. The van der Waals surface area contributed by atoms with Crippen molar-refractivity contribution in [2.75, 3.05) is 6.54 Å². The molecule has 0 aliphatic heterocycles. The number of hydrogen-bond acceptors (Lipinski definition) is 2. The summed E-state index contributed by atoms with van der Waals surface area (Å²) in [5.41, 5.74) is 7.08. The Labute approximate surface area is 139 Å². The standard InChI is InChI=1S/C18H16FN3O2/c19-16-9-5-14(6-10-16)12-22-18(24)21-11-1-2-13-3-7-15(8-4-13)17(20)23/h3-10H,11-12H2,(H2,20,23)(H2,21,22,24). The number of carbonyl (C=O) groups excluding carboxylic acids is 2. The van der Waals surface area contributed by atoms with Gasteiger partial charge >= 0.3 is 6.03 Å². The predicted octanol–water partition coefficient (Wildman–Crippen LogP) is 1.78. The fraction of sp³-hybridized carbons (Fsp3) is 0.111. The van der Waals surface area contributed by atoms with Crippen molar-refractivity contribution in [2.45, 2.75) is 6.54 Å². The number of nitrogens with one attached hydrogen (secondary N) is 2. The van der Waals surface area contributed by atoms with Crippen LogP contribution in [0.1, 0.15) is 21.5 Å². The number of primary amides is 1. The van der Waals surface area contributed by atoms with Crippen LogP contribution < -0.4 is 16.4 Å². The molecule has 2 aromatic carbocycles. The van der Waals surface area contributed by atoms with Crippen LogP contribution in [0.3, 0.4) is 0 Å². The number of rotatable bonds is 4. The molecule has 0 atom stereocenters. The van der Waals surface area contributed by atoms with E-state index in [1.807, 2.05) is 0 Å². The molecule has 0 spiro atoms. The second-order valence-electron chi connectivity index (χ2n) is 4.91. The zero-order valence-corrected chi connectivity index (χ0v) is 12.8. The first-order chi connectivity index (χ1) is 11.5. The zero-order chi connectivity index (χ0) is 17.4. The number of nitrogens with two attached hydrogens (primary N) is 1. The van der Waals surface area contributed by atoms with Crippen LogP contribution in [0.2, 0.25) is 0 Å². The maximum Gasteiger partial charge on any atom is 0.315 e. The van der Waals surface area contributed by atoms with E-state index < -0.39 is 5.91 Å². The molecule has 3 amide bonds. The summed E-state index contributed by atoms with van der Waals surface area (Å²) in [6.45, 7) is 0.473. The Bertz CT molecular complexity index is 775. The molecule has 0 bridgehead atoms. The second kappa shape index (κ2) is 8.34. The van der Waals surface area contributed by atoms with Gasteiger partial charge in [-0.3, -0.25) is 4.79 Å². The summed E-state index contributed by atoms with van der Waals surface area (Å²) in [5, 5.41) is 5.24. The van der Waals surface area contributed by atoms with E-state index in [4.69, 9.17) is 5.73 Å². The number of carbonyl (C=O) groups is 2. The first-order valence-electron chi connectivity index (χ1n) is 7.19. The van der Waals surface area contributed by atoms with Gasteiger partial charge in [-0.1, -0.05) is 24.0 Å². The van der Waals surface area contributed by atoms with Crippen molar-refractivity contribution in [1.82, 2.24) is 10.6 Å². The van der Waals surface area contributed by atoms with Gasteiger partial charge in [0.25, 0.3) is 0 Å². The number of amides is 3. The van der Waals surface area contributed by atoms with Crippen LogP contribution in [-0.2, 0) is 6.54 Å². The first kappa shape index (κ1) is 17.0. The van der Waals surface area contributed by atoms with Crippen LogP contribution in [0.5, 0.6) is 0 Å². The Morgan fingerprint density at radius 2 is 1.67 bits per heavy atom. The summed E-state index contributed by atoms with van der Waals surface area (Å²) in [6, 6.07) is 12.1. The van der Waals surface area contributed by atoms with Gasteiger partial charge in [0, 0.05) is 17.7 Å². The minimum atomic E-state index is -0.492. The summed E-state index contributed by atoms with van der Waals surface area (Å²) in [7, 11) is 0. The highest BCUT2D eigenvalue weighted by Crippen LogP contribution is 2.02. The Morgan fingerprint density at radius 1 is 1.00 bits per heavy atom. The summed E-state index contributed by atoms with van der Waals surface area (Å²) >= 11 is 0. The van der Waals surface area contributed by atoms with Crippen molar-refractivity contribution >= 4 is 11.9 Å². The fourth-order valence-electron chi connectivity index (χ4n) is 1.84. The van der Waals surface area contributed by atoms with Crippen LogP contribution in [0.15, 0.2) is 48.5 Å². The van der Waals surface area contributed by atoms with Crippen LogP contribution >= 0.6 is 0 Å². The van der Waals surface area contributed by atoms with Crippen molar-refractivity contribution in [3.05, 3.63) is 71.0 Å². The molecule has 0 saturated carbocycles. The highest BCUT2D eigenvalue weighted by molar-refractivity contribution is 5.92. The Kier molecular flexibility index (Phi) is 5.92. The lowest BCUT2D eigenvalue weighted by Gasteiger charge is -2.05. The molecule has 0 radical (unpaired) electrons. The molecule has 0 unspecified atom stereocenters. The molecule has 2 rings (SSSR count). The third-order valence-corrected chi connectivity index (χ3v) is 3.11. The molecule has 0 aliphatic carbocycles. The van der Waals surface area contributed by atoms with Crippen LogP contribution in [0, 0.1) is 17.7 Å².